The van der Waals surface area contributed by atoms with Crippen LogP contribution >= 0.6 is 0 Å². The minimum Gasteiger partial charge on any atom is -0.480 e. The molecule has 39 heavy (non-hydrogen) atoms. The highest BCUT2D eigenvalue weighted by molar-refractivity contribution is 5.99. The number of rotatable bonds is 7. The first-order valence-electron chi connectivity index (χ1n) is 13.3. The average molecular weight is 544 g/mol. The van der Waals surface area contributed by atoms with Crippen molar-refractivity contribution in [3.05, 3.63) is 59.9 Å². The van der Waals surface area contributed by atoms with Crippen LogP contribution in [-0.2, 0) is 9.59 Å². The van der Waals surface area contributed by atoms with Gasteiger partial charge in [-0.25, -0.2) is 4.99 Å². The van der Waals surface area contributed by atoms with Crippen molar-refractivity contribution in [1.29, 1.82) is 0 Å². The van der Waals surface area contributed by atoms with Gasteiger partial charge in [0.05, 0.1) is 24.0 Å². The van der Waals surface area contributed by atoms with E-state index in [4.69, 9.17) is 15.5 Å². The number of amides is 2. The van der Waals surface area contributed by atoms with Gasteiger partial charge in [0.1, 0.15) is 5.75 Å². The molecule has 3 aliphatic rings. The van der Waals surface area contributed by atoms with E-state index in [0.717, 1.165) is 5.56 Å². The summed E-state index contributed by atoms with van der Waals surface area (Å²) >= 11 is 0. The first-order valence-corrected chi connectivity index (χ1v) is 13.3. The van der Waals surface area contributed by atoms with Gasteiger partial charge in [-0.1, -0.05) is 38.1 Å². The summed E-state index contributed by atoms with van der Waals surface area (Å²) in [6.07, 6.45) is -1.76. The number of guanidine groups is 1. The van der Waals surface area contributed by atoms with E-state index in [1.54, 1.807) is 36.7 Å². The molecule has 1 saturated carbocycles. The fourth-order valence-corrected chi connectivity index (χ4v) is 5.82. The summed E-state index contributed by atoms with van der Waals surface area (Å²) in [5.41, 5.74) is 7.07. The molecule has 8 nitrogen and oxygen atoms in total. The standard InChI is InChI=1S/C28H32F3N5O3/c1-3-27(4-2)14-23(37)36(26(32)35-27)24(16-8-7-11-33-15-16)18-12-19(18)25(38)34-20-13-22(28(29,30)31)39-21-10-6-5-9-17(20)21/h5-11,15,18-20,22,24H,3-4,12-14H2,1-2H3,(H2,32,35)(H,34,38). The number of hydrogen-bond donors (Lipinski definition) is 2. The summed E-state index contributed by atoms with van der Waals surface area (Å²) in [6.45, 7) is 3.95. The molecule has 2 amide bonds. The zero-order valence-electron chi connectivity index (χ0n) is 21.8. The molecule has 3 heterocycles. The smallest absolute Gasteiger partial charge is 0.425 e. The molecule has 0 saturated heterocycles. The number of halogens is 3. The summed E-state index contributed by atoms with van der Waals surface area (Å²) in [5, 5.41) is 2.83. The lowest BCUT2D eigenvalue weighted by Gasteiger charge is -2.40. The predicted molar refractivity (Wildman–Crippen MR) is 137 cm³/mol. The summed E-state index contributed by atoms with van der Waals surface area (Å²) < 4.78 is 45.8. The molecule has 5 unspecified atom stereocenters. The first-order chi connectivity index (χ1) is 18.6. The van der Waals surface area contributed by atoms with Gasteiger partial charge in [0.2, 0.25) is 11.8 Å². The van der Waals surface area contributed by atoms with Crippen molar-refractivity contribution < 1.29 is 27.5 Å². The highest BCUT2D eigenvalue weighted by atomic mass is 19.4. The first kappa shape index (κ1) is 27.0. The Morgan fingerprint density at radius 2 is 1.95 bits per heavy atom. The van der Waals surface area contributed by atoms with Crippen LogP contribution in [0.2, 0.25) is 0 Å². The maximum Gasteiger partial charge on any atom is 0.425 e. The van der Waals surface area contributed by atoms with Crippen LogP contribution in [0.25, 0.3) is 0 Å². The normalized spacial score (nSPS) is 26.6. The molecular weight excluding hydrogens is 511 g/mol. The van der Waals surface area contributed by atoms with Gasteiger partial charge in [0, 0.05) is 30.3 Å². The van der Waals surface area contributed by atoms with Crippen molar-refractivity contribution in [3.8, 4) is 5.75 Å². The van der Waals surface area contributed by atoms with Crippen molar-refractivity contribution in [1.82, 2.24) is 15.2 Å². The molecule has 5 atom stereocenters. The molecule has 2 aliphatic heterocycles. The van der Waals surface area contributed by atoms with Crippen LogP contribution in [0.5, 0.6) is 5.75 Å². The number of benzene rings is 1. The molecule has 3 N–H and O–H groups in total. The monoisotopic (exact) mass is 543 g/mol. The van der Waals surface area contributed by atoms with E-state index in [1.807, 2.05) is 19.9 Å². The summed E-state index contributed by atoms with van der Waals surface area (Å²) in [5.74, 6) is -1.13. The Hall–Kier alpha value is -3.63. The number of aliphatic imine (C=N–C) groups is 1. The minimum absolute atomic E-state index is 0.107. The van der Waals surface area contributed by atoms with Crippen molar-refractivity contribution >= 4 is 17.8 Å². The number of carbonyl (C=O) groups excluding carboxylic acids is 2. The summed E-state index contributed by atoms with van der Waals surface area (Å²) in [6, 6.07) is 8.58. The van der Waals surface area contributed by atoms with Crippen LogP contribution in [0.1, 0.15) is 69.2 Å². The fraction of sp³-hybridized carbons (Fsp3) is 0.500. The second kappa shape index (κ2) is 10.2. The number of carbonyl (C=O) groups is 2. The van der Waals surface area contributed by atoms with E-state index in [1.165, 1.54) is 11.0 Å². The number of nitrogens with zero attached hydrogens (tertiary/aromatic N) is 3. The Kier molecular flexibility index (Phi) is 7.02. The van der Waals surface area contributed by atoms with Crippen LogP contribution in [0.4, 0.5) is 13.2 Å². The van der Waals surface area contributed by atoms with Crippen molar-refractivity contribution in [2.24, 2.45) is 22.6 Å². The molecule has 208 valence electrons. The van der Waals surface area contributed by atoms with Gasteiger partial charge in [-0.05, 0) is 42.9 Å². The lowest BCUT2D eigenvalue weighted by Crippen LogP contribution is -2.53. The summed E-state index contributed by atoms with van der Waals surface area (Å²) in [4.78, 5) is 37.3. The third kappa shape index (κ3) is 5.18. The highest BCUT2D eigenvalue weighted by Crippen LogP contribution is 2.52. The number of alkyl halides is 3. The number of pyridine rings is 1. The van der Waals surface area contributed by atoms with Crippen LogP contribution in [-0.4, -0.2) is 45.5 Å². The van der Waals surface area contributed by atoms with Gasteiger partial charge in [0.25, 0.3) is 0 Å². The fourth-order valence-electron chi connectivity index (χ4n) is 5.82. The SMILES string of the molecule is CCC1(CC)CC(=O)N(C(c2cccnc2)C2CC2C(=O)NC2CC(C(F)(F)F)Oc3ccccc32)C(N)=N1. The third-order valence-electron chi connectivity index (χ3n) is 8.24. The van der Waals surface area contributed by atoms with Gasteiger partial charge >= 0.3 is 6.18 Å². The van der Waals surface area contributed by atoms with E-state index >= 15 is 0 Å². The molecule has 1 aromatic heterocycles. The van der Waals surface area contributed by atoms with Gasteiger partial charge in [-0.15, -0.1) is 0 Å². The zero-order valence-corrected chi connectivity index (χ0v) is 21.8. The van der Waals surface area contributed by atoms with Gasteiger partial charge < -0.3 is 15.8 Å². The zero-order chi connectivity index (χ0) is 27.9. The lowest BCUT2D eigenvalue weighted by atomic mass is 9.87. The Bertz CT molecular complexity index is 1260. The van der Waals surface area contributed by atoms with Crippen molar-refractivity contribution in [3.63, 3.8) is 0 Å². The van der Waals surface area contributed by atoms with E-state index in [2.05, 4.69) is 10.3 Å². The number of ether oxygens (including phenoxy) is 1. The van der Waals surface area contributed by atoms with Gasteiger partial charge in [-0.2, -0.15) is 13.2 Å². The maximum absolute atomic E-state index is 13.6. The molecule has 1 fully saturated rings. The molecule has 0 bridgehead atoms. The molecular formula is C28H32F3N5O3. The van der Waals surface area contributed by atoms with Crippen molar-refractivity contribution in [2.45, 2.75) is 75.9 Å². The maximum atomic E-state index is 13.6. The number of nitrogens with one attached hydrogen (secondary N) is 1. The number of aromatic nitrogens is 1. The molecule has 2 aromatic rings. The largest absolute Gasteiger partial charge is 0.480 e. The van der Waals surface area contributed by atoms with E-state index in [9.17, 15) is 22.8 Å². The van der Waals surface area contributed by atoms with Crippen LogP contribution < -0.4 is 15.8 Å². The van der Waals surface area contributed by atoms with E-state index in [-0.39, 0.29) is 35.9 Å². The lowest BCUT2D eigenvalue weighted by molar-refractivity contribution is -0.201. The minimum atomic E-state index is -4.57. The predicted octanol–water partition coefficient (Wildman–Crippen LogP) is 4.44. The summed E-state index contributed by atoms with van der Waals surface area (Å²) in [7, 11) is 0. The molecule has 1 aliphatic carbocycles. The average Bonchev–Trinajstić information content (AvgIpc) is 3.71. The van der Waals surface area contributed by atoms with Crippen molar-refractivity contribution in [2.75, 3.05) is 0 Å². The topological polar surface area (TPSA) is 110 Å². The molecule has 1 aromatic carbocycles. The number of nitrogens with two attached hydrogens (primary N) is 1. The second-order valence-corrected chi connectivity index (χ2v) is 10.6. The molecule has 11 heteroatoms. The highest BCUT2D eigenvalue weighted by Gasteiger charge is 2.54. The van der Waals surface area contributed by atoms with E-state index in [0.29, 0.717) is 24.8 Å². The molecule has 0 spiro atoms. The third-order valence-corrected chi connectivity index (χ3v) is 8.24. The molecule has 5 rings (SSSR count). The Morgan fingerprint density at radius 1 is 1.21 bits per heavy atom. The van der Waals surface area contributed by atoms with Crippen LogP contribution in [0.15, 0.2) is 53.8 Å². The van der Waals surface area contributed by atoms with Gasteiger partial charge in [0.15, 0.2) is 12.1 Å². The Labute approximate surface area is 224 Å². The number of para-hydroxylation sites is 1. The number of hydrogen-bond acceptors (Lipinski definition) is 6. The van der Waals surface area contributed by atoms with E-state index < -0.39 is 42.2 Å². The Morgan fingerprint density at radius 3 is 2.59 bits per heavy atom. The second-order valence-electron chi connectivity index (χ2n) is 10.6. The Balaban J connectivity index is 1.39. The molecule has 0 radical (unpaired) electrons. The number of fused-ring (bicyclic) bond motifs is 1. The quantitative estimate of drug-likeness (QED) is 0.537. The van der Waals surface area contributed by atoms with Crippen LogP contribution in [0.3, 0.4) is 0 Å². The van der Waals surface area contributed by atoms with Crippen LogP contribution in [0, 0.1) is 11.8 Å². The van der Waals surface area contributed by atoms with Gasteiger partial charge in [-0.3, -0.25) is 19.5 Å².